The normalized spacial score (nSPS) is 14.4. The summed E-state index contributed by atoms with van der Waals surface area (Å²) in [5.41, 5.74) is 6.56. The van der Waals surface area contributed by atoms with Crippen LogP contribution in [0.5, 0.6) is 0 Å². The number of pyridine rings is 1. The van der Waals surface area contributed by atoms with Crippen LogP contribution < -0.4 is 11.1 Å². The molecular formula is C14H24N4O. The Bertz CT molecular complexity index is 403. The summed E-state index contributed by atoms with van der Waals surface area (Å²) in [6.07, 6.45) is 5.48. The van der Waals surface area contributed by atoms with Crippen molar-refractivity contribution in [2.75, 3.05) is 6.54 Å². The van der Waals surface area contributed by atoms with Gasteiger partial charge in [0.05, 0.1) is 0 Å². The van der Waals surface area contributed by atoms with Gasteiger partial charge in [0.2, 0.25) is 0 Å². The third-order valence-corrected chi connectivity index (χ3v) is 3.41. The van der Waals surface area contributed by atoms with Gasteiger partial charge in [-0.1, -0.05) is 25.1 Å². The van der Waals surface area contributed by atoms with E-state index in [-0.39, 0.29) is 17.3 Å². The van der Waals surface area contributed by atoms with E-state index >= 15 is 0 Å². The summed E-state index contributed by atoms with van der Waals surface area (Å²) < 4.78 is 0. The number of nitrogens with one attached hydrogen (secondary N) is 1. The zero-order chi connectivity index (χ0) is 14.3. The van der Waals surface area contributed by atoms with Gasteiger partial charge in [-0.3, -0.25) is 4.98 Å². The van der Waals surface area contributed by atoms with Crippen molar-refractivity contribution in [1.29, 1.82) is 0 Å². The Morgan fingerprint density at radius 2 is 2.32 bits per heavy atom. The summed E-state index contributed by atoms with van der Waals surface area (Å²) in [5, 5.41) is 15.2. The summed E-state index contributed by atoms with van der Waals surface area (Å²) >= 11 is 0. The van der Waals surface area contributed by atoms with Crippen LogP contribution in [-0.2, 0) is 0 Å². The van der Waals surface area contributed by atoms with Crippen LogP contribution in [0.2, 0.25) is 0 Å². The predicted octanol–water partition coefficient (Wildman–Crippen LogP) is 2.29. The van der Waals surface area contributed by atoms with Gasteiger partial charge in [0, 0.05) is 23.9 Å². The van der Waals surface area contributed by atoms with Crippen molar-refractivity contribution >= 4 is 5.84 Å². The summed E-state index contributed by atoms with van der Waals surface area (Å²) in [7, 11) is 0. The Balaban J connectivity index is 2.32. The lowest BCUT2D eigenvalue weighted by atomic mass is 9.86. The predicted molar refractivity (Wildman–Crippen MR) is 77.1 cm³/mol. The second kappa shape index (κ2) is 7.09. The first-order valence-corrected chi connectivity index (χ1v) is 6.58. The molecule has 0 unspecified atom stereocenters. The molecule has 1 aromatic heterocycles. The molecule has 4 N–H and O–H groups in total. The molecule has 5 heteroatoms. The van der Waals surface area contributed by atoms with Crippen molar-refractivity contribution in [2.24, 2.45) is 16.3 Å². The topological polar surface area (TPSA) is 83.5 Å². The molecule has 0 fully saturated rings. The number of oxime groups is 1. The van der Waals surface area contributed by atoms with Crippen LogP contribution in [0.1, 0.15) is 45.2 Å². The highest BCUT2D eigenvalue weighted by atomic mass is 16.4. The molecule has 5 nitrogen and oxygen atoms in total. The van der Waals surface area contributed by atoms with Gasteiger partial charge in [0.1, 0.15) is 5.84 Å². The van der Waals surface area contributed by atoms with Gasteiger partial charge in [0.25, 0.3) is 0 Å². The average Bonchev–Trinajstić information content (AvgIpc) is 2.43. The number of nitrogens with zero attached hydrogens (tertiary/aromatic N) is 2. The Morgan fingerprint density at radius 3 is 2.89 bits per heavy atom. The Labute approximate surface area is 114 Å². The molecule has 0 amide bonds. The van der Waals surface area contributed by atoms with Crippen LogP contribution in [0.4, 0.5) is 0 Å². The molecule has 0 saturated carbocycles. The zero-order valence-electron chi connectivity index (χ0n) is 11.9. The smallest absolute Gasteiger partial charge is 0.144 e. The fourth-order valence-corrected chi connectivity index (χ4v) is 1.86. The van der Waals surface area contributed by atoms with Crippen molar-refractivity contribution in [3.05, 3.63) is 30.1 Å². The van der Waals surface area contributed by atoms with Gasteiger partial charge in [-0.15, -0.1) is 0 Å². The maximum atomic E-state index is 8.70. The van der Waals surface area contributed by atoms with Crippen molar-refractivity contribution in [2.45, 2.75) is 39.7 Å². The molecule has 1 aromatic rings. The molecule has 0 spiro atoms. The molecule has 1 atom stereocenters. The highest BCUT2D eigenvalue weighted by Crippen LogP contribution is 2.22. The van der Waals surface area contributed by atoms with Gasteiger partial charge >= 0.3 is 0 Å². The third kappa shape index (κ3) is 4.87. The second-order valence-corrected chi connectivity index (χ2v) is 5.43. The number of rotatable bonds is 7. The Kier molecular flexibility index (Phi) is 5.76. The minimum atomic E-state index is -0.270. The standard InChI is InChI=1S/C14H24N4O/c1-11(12-6-4-8-16-10-12)17-9-5-7-14(2,3)13(15)18-19/h4,6,8,10-11,17,19H,5,7,9H2,1-3H3,(H2,15,18)/t11-/m1/s1. The van der Waals surface area contributed by atoms with E-state index in [0.717, 1.165) is 19.4 Å². The van der Waals surface area contributed by atoms with E-state index in [1.54, 1.807) is 6.20 Å². The van der Waals surface area contributed by atoms with Gasteiger partial charge in [0.15, 0.2) is 0 Å². The Morgan fingerprint density at radius 1 is 1.58 bits per heavy atom. The van der Waals surface area contributed by atoms with Gasteiger partial charge in [-0.05, 0) is 37.9 Å². The third-order valence-electron chi connectivity index (χ3n) is 3.41. The van der Waals surface area contributed by atoms with E-state index in [0.29, 0.717) is 0 Å². The molecule has 0 aliphatic carbocycles. The number of hydrogen-bond donors (Lipinski definition) is 3. The molecule has 1 heterocycles. The van der Waals surface area contributed by atoms with Crippen molar-refractivity contribution in [3.8, 4) is 0 Å². The van der Waals surface area contributed by atoms with Crippen LogP contribution in [0.15, 0.2) is 29.7 Å². The molecule has 0 aliphatic rings. The van der Waals surface area contributed by atoms with E-state index in [1.165, 1.54) is 5.56 Å². The van der Waals surface area contributed by atoms with Crippen LogP contribution in [0.25, 0.3) is 0 Å². The maximum absolute atomic E-state index is 8.70. The van der Waals surface area contributed by atoms with Crippen molar-refractivity contribution in [1.82, 2.24) is 10.3 Å². The molecule has 0 saturated heterocycles. The molecule has 0 aromatic carbocycles. The maximum Gasteiger partial charge on any atom is 0.144 e. The number of aromatic nitrogens is 1. The number of nitrogens with two attached hydrogens (primary N) is 1. The van der Waals surface area contributed by atoms with Crippen LogP contribution >= 0.6 is 0 Å². The van der Waals surface area contributed by atoms with E-state index in [1.807, 2.05) is 26.1 Å². The number of hydrogen-bond acceptors (Lipinski definition) is 4. The van der Waals surface area contributed by atoms with Gasteiger partial charge in [-0.25, -0.2) is 0 Å². The minimum absolute atomic E-state index is 0.270. The van der Waals surface area contributed by atoms with Gasteiger partial charge in [-0.2, -0.15) is 0 Å². The lowest BCUT2D eigenvalue weighted by Crippen LogP contribution is -2.32. The largest absolute Gasteiger partial charge is 0.409 e. The molecule has 1 rings (SSSR count). The van der Waals surface area contributed by atoms with Gasteiger partial charge < -0.3 is 16.3 Å². The van der Waals surface area contributed by atoms with Crippen LogP contribution in [0, 0.1) is 5.41 Å². The summed E-state index contributed by atoms with van der Waals surface area (Å²) in [6.45, 7) is 6.96. The molecule has 0 aliphatic heterocycles. The van der Waals surface area contributed by atoms with E-state index in [4.69, 9.17) is 10.9 Å². The lowest BCUT2D eigenvalue weighted by molar-refractivity contribution is 0.304. The molecule has 106 valence electrons. The summed E-state index contributed by atoms with van der Waals surface area (Å²) in [5.74, 6) is 0.285. The van der Waals surface area contributed by atoms with E-state index in [9.17, 15) is 0 Å². The zero-order valence-corrected chi connectivity index (χ0v) is 11.9. The van der Waals surface area contributed by atoms with Crippen LogP contribution in [0.3, 0.4) is 0 Å². The highest BCUT2D eigenvalue weighted by Gasteiger charge is 2.22. The van der Waals surface area contributed by atoms with E-state index < -0.39 is 0 Å². The van der Waals surface area contributed by atoms with Crippen LogP contribution in [-0.4, -0.2) is 22.6 Å². The number of amidine groups is 1. The fourth-order valence-electron chi connectivity index (χ4n) is 1.86. The first-order chi connectivity index (χ1) is 8.97. The second-order valence-electron chi connectivity index (χ2n) is 5.43. The molecular weight excluding hydrogens is 240 g/mol. The average molecular weight is 264 g/mol. The SMILES string of the molecule is C[C@@H](NCCCC(C)(C)/C(N)=N/O)c1cccnc1. The quantitative estimate of drug-likeness (QED) is 0.232. The van der Waals surface area contributed by atoms with Crippen molar-refractivity contribution < 1.29 is 5.21 Å². The summed E-state index contributed by atoms with van der Waals surface area (Å²) in [6, 6.07) is 4.28. The fraction of sp³-hybridized carbons (Fsp3) is 0.571. The lowest BCUT2D eigenvalue weighted by Gasteiger charge is -2.23. The molecule has 0 bridgehead atoms. The van der Waals surface area contributed by atoms with E-state index in [2.05, 4.69) is 28.4 Å². The first kappa shape index (κ1) is 15.4. The highest BCUT2D eigenvalue weighted by molar-refractivity contribution is 5.85. The molecule has 0 radical (unpaired) electrons. The molecule has 19 heavy (non-hydrogen) atoms. The monoisotopic (exact) mass is 264 g/mol. The first-order valence-electron chi connectivity index (χ1n) is 6.58. The Hall–Kier alpha value is -1.62. The van der Waals surface area contributed by atoms with Crippen molar-refractivity contribution in [3.63, 3.8) is 0 Å². The summed E-state index contributed by atoms with van der Waals surface area (Å²) in [4.78, 5) is 4.11. The minimum Gasteiger partial charge on any atom is -0.409 e.